The van der Waals surface area contributed by atoms with Crippen LogP contribution < -0.4 is 0 Å². The first-order chi connectivity index (χ1) is 8.16. The van der Waals surface area contributed by atoms with Gasteiger partial charge >= 0.3 is 5.97 Å². The van der Waals surface area contributed by atoms with Crippen LogP contribution in [0.2, 0.25) is 0 Å². The minimum absolute atomic E-state index is 0.348. The van der Waals surface area contributed by atoms with Crippen molar-refractivity contribution in [2.24, 2.45) is 0 Å². The molecule has 3 rings (SSSR count). The van der Waals surface area contributed by atoms with Crippen LogP contribution in [0.3, 0.4) is 0 Å². The Labute approximate surface area is 101 Å². The van der Waals surface area contributed by atoms with Gasteiger partial charge in [0.15, 0.2) is 0 Å². The Morgan fingerprint density at radius 3 is 2.82 bits per heavy atom. The fourth-order valence-electron chi connectivity index (χ4n) is 2.80. The molecule has 0 amide bonds. The number of rotatable bonds is 2. The molecule has 1 fully saturated rings. The van der Waals surface area contributed by atoms with Crippen molar-refractivity contribution >= 4 is 5.97 Å². The maximum atomic E-state index is 11.4. The van der Waals surface area contributed by atoms with Crippen molar-refractivity contribution in [3.63, 3.8) is 0 Å². The summed E-state index contributed by atoms with van der Waals surface area (Å²) in [6, 6.07) is 6.65. The van der Waals surface area contributed by atoms with Crippen molar-refractivity contribution in [2.45, 2.75) is 38.3 Å². The summed E-state index contributed by atoms with van der Waals surface area (Å²) < 4.78 is 0. The van der Waals surface area contributed by atoms with Gasteiger partial charge in [-0.05, 0) is 36.5 Å². The summed E-state index contributed by atoms with van der Waals surface area (Å²) in [4.78, 5) is 13.7. The molecule has 2 aliphatic rings. The third kappa shape index (κ3) is 1.84. The zero-order valence-corrected chi connectivity index (χ0v) is 10.0. The molecule has 1 heterocycles. The first kappa shape index (κ1) is 10.8. The van der Waals surface area contributed by atoms with Crippen LogP contribution in [-0.2, 0) is 11.3 Å². The summed E-state index contributed by atoms with van der Waals surface area (Å²) in [5, 5.41) is 9.37. The van der Waals surface area contributed by atoms with Gasteiger partial charge < -0.3 is 5.11 Å². The Kier molecular flexibility index (Phi) is 2.44. The first-order valence-corrected chi connectivity index (χ1v) is 6.22. The van der Waals surface area contributed by atoms with Crippen LogP contribution in [0, 0.1) is 6.92 Å². The van der Waals surface area contributed by atoms with Gasteiger partial charge in [-0.25, -0.2) is 0 Å². The topological polar surface area (TPSA) is 40.5 Å². The molecular formula is C14H17NO2. The maximum absolute atomic E-state index is 11.4. The highest BCUT2D eigenvalue weighted by atomic mass is 16.4. The quantitative estimate of drug-likeness (QED) is 0.847. The Morgan fingerprint density at radius 2 is 2.18 bits per heavy atom. The molecule has 0 bridgehead atoms. The lowest BCUT2D eigenvalue weighted by Crippen LogP contribution is -2.38. The van der Waals surface area contributed by atoms with E-state index in [1.165, 1.54) is 24.0 Å². The van der Waals surface area contributed by atoms with Crippen LogP contribution in [0.4, 0.5) is 0 Å². The number of aryl methyl sites for hydroxylation is 1. The van der Waals surface area contributed by atoms with Gasteiger partial charge in [0.1, 0.15) is 0 Å². The Balaban J connectivity index is 2.02. The summed E-state index contributed by atoms with van der Waals surface area (Å²) in [5.74, 6) is -1.04. The molecule has 1 aromatic carbocycles. The van der Waals surface area contributed by atoms with Gasteiger partial charge in [0, 0.05) is 19.1 Å². The lowest BCUT2D eigenvalue weighted by molar-refractivity contribution is -0.139. The average molecular weight is 231 g/mol. The Morgan fingerprint density at radius 1 is 1.41 bits per heavy atom. The maximum Gasteiger partial charge on any atom is 0.312 e. The normalized spacial score (nSPS) is 24.4. The molecule has 3 heteroatoms. The van der Waals surface area contributed by atoms with Crippen LogP contribution in [0.25, 0.3) is 0 Å². The molecule has 0 saturated heterocycles. The van der Waals surface area contributed by atoms with E-state index in [1.54, 1.807) is 0 Å². The van der Waals surface area contributed by atoms with Gasteiger partial charge in [0.25, 0.3) is 0 Å². The summed E-state index contributed by atoms with van der Waals surface area (Å²) in [7, 11) is 0. The molecule has 90 valence electrons. The minimum Gasteiger partial charge on any atom is -0.481 e. The number of nitrogens with zero attached hydrogens (tertiary/aromatic N) is 1. The lowest BCUT2D eigenvalue weighted by atomic mass is 9.87. The number of carbonyl (C=O) groups is 1. The highest BCUT2D eigenvalue weighted by molar-refractivity contribution is 5.77. The zero-order valence-electron chi connectivity index (χ0n) is 10.0. The van der Waals surface area contributed by atoms with Crippen LogP contribution in [-0.4, -0.2) is 28.6 Å². The highest BCUT2D eigenvalue weighted by Gasteiger charge is 2.37. The molecule has 3 nitrogen and oxygen atoms in total. The third-order valence-corrected chi connectivity index (χ3v) is 3.96. The van der Waals surface area contributed by atoms with Crippen molar-refractivity contribution in [3.05, 3.63) is 34.9 Å². The van der Waals surface area contributed by atoms with Crippen molar-refractivity contribution in [2.75, 3.05) is 6.54 Å². The number of hydrogen-bond acceptors (Lipinski definition) is 2. The molecular weight excluding hydrogens is 214 g/mol. The van der Waals surface area contributed by atoms with Crippen molar-refractivity contribution < 1.29 is 9.90 Å². The molecule has 1 saturated carbocycles. The van der Waals surface area contributed by atoms with E-state index in [9.17, 15) is 9.90 Å². The van der Waals surface area contributed by atoms with E-state index in [4.69, 9.17) is 0 Å². The second kappa shape index (κ2) is 3.84. The molecule has 1 aliphatic carbocycles. The van der Waals surface area contributed by atoms with E-state index in [2.05, 4.69) is 17.9 Å². The zero-order chi connectivity index (χ0) is 12.0. The second-order valence-electron chi connectivity index (χ2n) is 5.19. The van der Waals surface area contributed by atoms with E-state index in [-0.39, 0.29) is 5.92 Å². The largest absolute Gasteiger partial charge is 0.481 e. The van der Waals surface area contributed by atoms with E-state index in [0.29, 0.717) is 12.6 Å². The number of carboxylic acids is 1. The van der Waals surface area contributed by atoms with Gasteiger partial charge in [-0.3, -0.25) is 9.69 Å². The molecule has 1 N–H and O–H groups in total. The van der Waals surface area contributed by atoms with Crippen molar-refractivity contribution in [1.29, 1.82) is 0 Å². The number of hydrogen-bond donors (Lipinski definition) is 1. The predicted molar refractivity (Wildman–Crippen MR) is 65.0 cm³/mol. The van der Waals surface area contributed by atoms with E-state index < -0.39 is 5.97 Å². The van der Waals surface area contributed by atoms with E-state index in [0.717, 1.165) is 12.1 Å². The molecule has 1 atom stereocenters. The van der Waals surface area contributed by atoms with Gasteiger partial charge in [0.05, 0.1) is 5.92 Å². The van der Waals surface area contributed by atoms with Gasteiger partial charge in [-0.1, -0.05) is 18.2 Å². The first-order valence-electron chi connectivity index (χ1n) is 6.22. The third-order valence-electron chi connectivity index (χ3n) is 3.96. The fourth-order valence-corrected chi connectivity index (χ4v) is 2.80. The van der Waals surface area contributed by atoms with Crippen LogP contribution in [0.5, 0.6) is 0 Å². The number of benzene rings is 1. The Bertz CT molecular complexity index is 465. The standard InChI is InChI=1S/C14H17NO2/c1-9-3-2-4-11-12(9)7-15(10-5-6-10)8-13(11)14(16)17/h2-4,10,13H,5-8H2,1H3,(H,16,17). The Hall–Kier alpha value is -1.35. The fraction of sp³-hybridized carbons (Fsp3) is 0.500. The minimum atomic E-state index is -0.692. The van der Waals surface area contributed by atoms with Crippen molar-refractivity contribution in [3.8, 4) is 0 Å². The summed E-state index contributed by atoms with van der Waals surface area (Å²) in [6.07, 6.45) is 2.46. The molecule has 0 aromatic heterocycles. The molecule has 0 radical (unpaired) electrons. The average Bonchev–Trinajstić information content (AvgIpc) is 3.12. The van der Waals surface area contributed by atoms with Crippen LogP contribution in [0.1, 0.15) is 35.4 Å². The molecule has 1 unspecified atom stereocenters. The van der Waals surface area contributed by atoms with Crippen LogP contribution >= 0.6 is 0 Å². The van der Waals surface area contributed by atoms with Gasteiger partial charge in [0.2, 0.25) is 0 Å². The van der Waals surface area contributed by atoms with Crippen molar-refractivity contribution in [1.82, 2.24) is 4.90 Å². The molecule has 1 aliphatic heterocycles. The number of fused-ring (bicyclic) bond motifs is 1. The smallest absolute Gasteiger partial charge is 0.312 e. The summed E-state index contributed by atoms with van der Waals surface area (Å²) in [5.41, 5.74) is 3.48. The predicted octanol–water partition coefficient (Wildman–Crippen LogP) is 2.14. The van der Waals surface area contributed by atoms with E-state index >= 15 is 0 Å². The SMILES string of the molecule is Cc1cccc2c1CN(C1CC1)CC2C(=O)O. The molecule has 17 heavy (non-hydrogen) atoms. The number of aliphatic carboxylic acids is 1. The summed E-state index contributed by atoms with van der Waals surface area (Å²) in [6.45, 7) is 3.68. The molecule has 1 aromatic rings. The van der Waals surface area contributed by atoms with Crippen LogP contribution in [0.15, 0.2) is 18.2 Å². The lowest BCUT2D eigenvalue weighted by Gasteiger charge is -2.33. The molecule has 0 spiro atoms. The second-order valence-corrected chi connectivity index (χ2v) is 5.19. The monoisotopic (exact) mass is 231 g/mol. The van der Waals surface area contributed by atoms with E-state index in [1.807, 2.05) is 12.1 Å². The summed E-state index contributed by atoms with van der Waals surface area (Å²) >= 11 is 0. The van der Waals surface area contributed by atoms with Gasteiger partial charge in [-0.15, -0.1) is 0 Å². The number of carboxylic acid groups (broad SMARTS) is 1. The highest BCUT2D eigenvalue weighted by Crippen LogP contribution is 2.37. The van der Waals surface area contributed by atoms with Gasteiger partial charge in [-0.2, -0.15) is 0 Å².